The normalized spacial score (nSPS) is 12.4. The van der Waals surface area contributed by atoms with Gasteiger partial charge in [0.2, 0.25) is 0 Å². The molecule has 1 amide bonds. The van der Waals surface area contributed by atoms with E-state index in [2.05, 4.69) is 26.1 Å². The lowest BCUT2D eigenvalue weighted by atomic mass is 9.87. The quantitative estimate of drug-likeness (QED) is 0.731. The highest BCUT2D eigenvalue weighted by Gasteiger charge is 2.21. The summed E-state index contributed by atoms with van der Waals surface area (Å²) in [6.07, 6.45) is -0.0744. The largest absolute Gasteiger partial charge is 0.495 e. The number of hydrogen-bond donors (Lipinski definition) is 1. The summed E-state index contributed by atoms with van der Waals surface area (Å²) in [4.78, 5) is 12.6. The smallest absolute Gasteiger partial charge is 0.265 e. The maximum Gasteiger partial charge on any atom is 0.265 e. The zero-order valence-corrected chi connectivity index (χ0v) is 16.7. The van der Waals surface area contributed by atoms with E-state index in [9.17, 15) is 4.79 Å². The molecule has 0 aliphatic heterocycles. The van der Waals surface area contributed by atoms with Gasteiger partial charge >= 0.3 is 0 Å². The van der Waals surface area contributed by atoms with E-state index in [1.165, 1.54) is 5.56 Å². The molecule has 4 nitrogen and oxygen atoms in total. The molecule has 0 aliphatic rings. The van der Waals surface area contributed by atoms with Gasteiger partial charge in [-0.15, -0.1) is 0 Å². The minimum absolute atomic E-state index is 0.0726. The Morgan fingerprint density at radius 1 is 1.15 bits per heavy atom. The molecule has 0 aromatic heterocycles. The summed E-state index contributed by atoms with van der Waals surface area (Å²) < 4.78 is 11.1. The van der Waals surface area contributed by atoms with Gasteiger partial charge in [-0.2, -0.15) is 0 Å². The van der Waals surface area contributed by atoms with Gasteiger partial charge in [-0.1, -0.05) is 51.4 Å². The van der Waals surface area contributed by atoms with Crippen molar-refractivity contribution in [2.75, 3.05) is 12.4 Å². The molecule has 2 rings (SSSR count). The summed E-state index contributed by atoms with van der Waals surface area (Å²) in [6, 6.07) is 12.9. The molecule has 2 aromatic rings. The van der Waals surface area contributed by atoms with Crippen molar-refractivity contribution in [1.29, 1.82) is 0 Å². The first-order valence-electron chi connectivity index (χ1n) is 8.66. The summed E-state index contributed by atoms with van der Waals surface area (Å²) >= 11 is 6.01. The SMILES string of the molecule is CC[C@@H](Oc1ccc(C(C)(C)C)cc1)C(=O)Nc1cc(Cl)ccc1OC. The van der Waals surface area contributed by atoms with Crippen molar-refractivity contribution < 1.29 is 14.3 Å². The molecule has 0 bridgehead atoms. The zero-order valence-electron chi connectivity index (χ0n) is 15.9. The third-order valence-electron chi connectivity index (χ3n) is 4.08. The van der Waals surface area contributed by atoms with Crippen molar-refractivity contribution in [1.82, 2.24) is 0 Å². The number of carbonyl (C=O) groups excluding carboxylic acids is 1. The predicted molar refractivity (Wildman–Crippen MR) is 106 cm³/mol. The number of ether oxygens (including phenoxy) is 2. The first-order chi connectivity index (χ1) is 12.2. The van der Waals surface area contributed by atoms with E-state index in [1.54, 1.807) is 25.3 Å². The molecule has 1 atom stereocenters. The summed E-state index contributed by atoms with van der Waals surface area (Å²) in [5.74, 6) is 0.971. The van der Waals surface area contributed by atoms with Crippen molar-refractivity contribution in [2.24, 2.45) is 0 Å². The number of nitrogens with one attached hydrogen (secondary N) is 1. The van der Waals surface area contributed by atoms with Crippen LogP contribution in [0.1, 0.15) is 39.7 Å². The van der Waals surface area contributed by atoms with Crippen molar-refractivity contribution in [2.45, 2.75) is 45.6 Å². The van der Waals surface area contributed by atoms with E-state index in [1.807, 2.05) is 31.2 Å². The molecule has 0 fully saturated rings. The third kappa shape index (κ3) is 5.15. The molecule has 2 aromatic carbocycles. The van der Waals surface area contributed by atoms with Crippen LogP contribution in [0.15, 0.2) is 42.5 Å². The molecule has 0 saturated heterocycles. The van der Waals surface area contributed by atoms with E-state index in [0.29, 0.717) is 28.6 Å². The van der Waals surface area contributed by atoms with Crippen LogP contribution in [0.4, 0.5) is 5.69 Å². The van der Waals surface area contributed by atoms with Gasteiger partial charge in [-0.25, -0.2) is 0 Å². The van der Waals surface area contributed by atoms with Gasteiger partial charge in [0, 0.05) is 5.02 Å². The van der Waals surface area contributed by atoms with Gasteiger partial charge in [-0.05, 0) is 47.7 Å². The Balaban J connectivity index is 2.11. The number of carbonyl (C=O) groups is 1. The number of methoxy groups -OCH3 is 1. The van der Waals surface area contributed by atoms with Crippen LogP contribution in [0.5, 0.6) is 11.5 Å². The Kier molecular flexibility index (Phi) is 6.54. The maximum atomic E-state index is 12.6. The van der Waals surface area contributed by atoms with Crippen LogP contribution in [-0.2, 0) is 10.2 Å². The maximum absolute atomic E-state index is 12.6. The first-order valence-corrected chi connectivity index (χ1v) is 9.04. The molecule has 1 N–H and O–H groups in total. The monoisotopic (exact) mass is 375 g/mol. The fourth-order valence-corrected chi connectivity index (χ4v) is 2.68. The summed E-state index contributed by atoms with van der Waals surface area (Å²) in [5, 5.41) is 3.36. The number of benzene rings is 2. The molecule has 0 radical (unpaired) electrons. The van der Waals surface area contributed by atoms with Crippen molar-refractivity contribution in [3.63, 3.8) is 0 Å². The second-order valence-electron chi connectivity index (χ2n) is 7.12. The Morgan fingerprint density at radius 2 is 1.81 bits per heavy atom. The predicted octanol–water partition coefficient (Wildman–Crippen LogP) is 5.44. The highest BCUT2D eigenvalue weighted by Crippen LogP contribution is 2.28. The van der Waals surface area contributed by atoms with E-state index >= 15 is 0 Å². The molecule has 5 heteroatoms. The summed E-state index contributed by atoms with van der Waals surface area (Å²) in [5.41, 5.74) is 1.81. The minimum atomic E-state index is -0.612. The molecular weight excluding hydrogens is 350 g/mol. The van der Waals surface area contributed by atoms with Crippen LogP contribution in [0.25, 0.3) is 0 Å². The van der Waals surface area contributed by atoms with E-state index in [4.69, 9.17) is 21.1 Å². The Labute approximate surface area is 160 Å². The lowest BCUT2D eigenvalue weighted by Crippen LogP contribution is -2.32. The topological polar surface area (TPSA) is 47.6 Å². The first kappa shape index (κ1) is 20.1. The summed E-state index contributed by atoms with van der Waals surface area (Å²) in [6.45, 7) is 8.37. The average Bonchev–Trinajstić information content (AvgIpc) is 2.59. The van der Waals surface area contributed by atoms with E-state index in [-0.39, 0.29) is 11.3 Å². The minimum Gasteiger partial charge on any atom is -0.495 e. The molecule has 140 valence electrons. The van der Waals surface area contributed by atoms with Gasteiger partial charge < -0.3 is 14.8 Å². The van der Waals surface area contributed by atoms with Gasteiger partial charge in [0.25, 0.3) is 5.91 Å². The van der Waals surface area contributed by atoms with Crippen molar-refractivity contribution in [3.8, 4) is 11.5 Å². The third-order valence-corrected chi connectivity index (χ3v) is 4.32. The fraction of sp³-hybridized carbons (Fsp3) is 0.381. The Hall–Kier alpha value is -2.20. The van der Waals surface area contributed by atoms with Crippen LogP contribution in [0, 0.1) is 0 Å². The molecule has 0 unspecified atom stereocenters. The molecule has 0 saturated carbocycles. The van der Waals surface area contributed by atoms with Gasteiger partial charge in [0.1, 0.15) is 11.5 Å². The van der Waals surface area contributed by atoms with Crippen molar-refractivity contribution in [3.05, 3.63) is 53.1 Å². The van der Waals surface area contributed by atoms with Gasteiger partial charge in [0.05, 0.1) is 12.8 Å². The average molecular weight is 376 g/mol. The highest BCUT2D eigenvalue weighted by atomic mass is 35.5. The molecule has 0 spiro atoms. The van der Waals surface area contributed by atoms with Crippen molar-refractivity contribution >= 4 is 23.2 Å². The number of anilines is 1. The number of amides is 1. The fourth-order valence-electron chi connectivity index (χ4n) is 2.51. The molecule has 0 aliphatic carbocycles. The van der Waals surface area contributed by atoms with Crippen LogP contribution in [0.3, 0.4) is 0 Å². The molecular formula is C21H26ClNO3. The lowest BCUT2D eigenvalue weighted by Gasteiger charge is -2.21. The Morgan fingerprint density at radius 3 is 2.35 bits per heavy atom. The Bertz CT molecular complexity index is 751. The second-order valence-corrected chi connectivity index (χ2v) is 7.56. The van der Waals surface area contributed by atoms with Crippen LogP contribution in [0.2, 0.25) is 5.02 Å². The zero-order chi connectivity index (χ0) is 19.3. The van der Waals surface area contributed by atoms with Crippen LogP contribution in [-0.4, -0.2) is 19.1 Å². The van der Waals surface area contributed by atoms with Crippen LogP contribution >= 0.6 is 11.6 Å². The molecule has 26 heavy (non-hydrogen) atoms. The highest BCUT2D eigenvalue weighted by molar-refractivity contribution is 6.31. The number of hydrogen-bond acceptors (Lipinski definition) is 3. The second kappa shape index (κ2) is 8.45. The summed E-state index contributed by atoms with van der Waals surface area (Å²) in [7, 11) is 1.55. The van der Waals surface area contributed by atoms with E-state index < -0.39 is 6.10 Å². The van der Waals surface area contributed by atoms with Gasteiger partial charge in [0.15, 0.2) is 6.10 Å². The standard InChI is InChI=1S/C21H26ClNO3/c1-6-18(26-16-10-7-14(8-11-16)21(2,3)4)20(24)23-17-13-15(22)9-12-19(17)25-5/h7-13,18H,6H2,1-5H3,(H,23,24)/t18-/m1/s1. The number of rotatable bonds is 6. The molecule has 0 heterocycles. The van der Waals surface area contributed by atoms with Crippen LogP contribution < -0.4 is 14.8 Å². The van der Waals surface area contributed by atoms with Gasteiger partial charge in [-0.3, -0.25) is 4.79 Å². The lowest BCUT2D eigenvalue weighted by molar-refractivity contribution is -0.122. The number of halogens is 1. The van der Waals surface area contributed by atoms with E-state index in [0.717, 1.165) is 0 Å².